The summed E-state index contributed by atoms with van der Waals surface area (Å²) < 4.78 is 11.7. The van der Waals surface area contributed by atoms with Crippen LogP contribution in [-0.4, -0.2) is 26.3 Å². The van der Waals surface area contributed by atoms with Crippen LogP contribution in [0.4, 0.5) is 0 Å². The largest absolute Gasteiger partial charge is 0.490 e. The summed E-state index contributed by atoms with van der Waals surface area (Å²) in [4.78, 5) is 0. The van der Waals surface area contributed by atoms with Gasteiger partial charge in [0.25, 0.3) is 0 Å². The van der Waals surface area contributed by atoms with Crippen LogP contribution in [0.3, 0.4) is 0 Å². The van der Waals surface area contributed by atoms with Crippen molar-refractivity contribution in [1.29, 1.82) is 0 Å². The summed E-state index contributed by atoms with van der Waals surface area (Å²) in [7, 11) is 0. The van der Waals surface area contributed by atoms with Crippen molar-refractivity contribution in [1.82, 2.24) is 5.32 Å². The van der Waals surface area contributed by atoms with Gasteiger partial charge in [-0.15, -0.1) is 0 Å². The molecule has 0 amide bonds. The van der Waals surface area contributed by atoms with Crippen LogP contribution in [0.15, 0.2) is 24.3 Å². The van der Waals surface area contributed by atoms with Crippen LogP contribution < -0.4 is 14.8 Å². The Morgan fingerprint density at radius 3 is 2.29 bits per heavy atom. The molecule has 3 heteroatoms. The van der Waals surface area contributed by atoms with Crippen LogP contribution in [0.1, 0.15) is 41.0 Å². The number of nitrogens with one attached hydrogen (secondary N) is 1. The Kier molecular flexibility index (Phi) is 7.58. The Morgan fingerprint density at radius 1 is 1.10 bits per heavy atom. The Bertz CT molecular complexity index is 402. The second kappa shape index (κ2) is 8.93. The second-order valence-corrected chi connectivity index (χ2v) is 6.77. The minimum atomic E-state index is 0.0900. The first kappa shape index (κ1) is 17.8. The fraction of sp³-hybridized carbons (Fsp3) is 0.667. The molecule has 3 nitrogen and oxygen atoms in total. The molecule has 0 spiro atoms. The van der Waals surface area contributed by atoms with Crippen molar-refractivity contribution in [2.24, 2.45) is 11.3 Å². The first-order chi connectivity index (χ1) is 9.94. The average molecular weight is 293 g/mol. The molecule has 0 atom stereocenters. The van der Waals surface area contributed by atoms with Gasteiger partial charge in [0.15, 0.2) is 11.5 Å². The lowest BCUT2D eigenvalue weighted by Gasteiger charge is -2.26. The lowest BCUT2D eigenvalue weighted by atomic mass is 9.94. The summed E-state index contributed by atoms with van der Waals surface area (Å²) in [5, 5.41) is 3.50. The van der Waals surface area contributed by atoms with Crippen LogP contribution in [0.5, 0.6) is 11.5 Å². The molecule has 1 rings (SSSR count). The summed E-state index contributed by atoms with van der Waals surface area (Å²) in [5.41, 5.74) is 0.0900. The number of rotatable bonds is 10. The van der Waals surface area contributed by atoms with E-state index in [1.807, 2.05) is 24.3 Å². The van der Waals surface area contributed by atoms with Gasteiger partial charge in [-0.3, -0.25) is 0 Å². The smallest absolute Gasteiger partial charge is 0.161 e. The summed E-state index contributed by atoms with van der Waals surface area (Å²) in [5.74, 6) is 2.35. The first-order valence-electron chi connectivity index (χ1n) is 8.00. The minimum absolute atomic E-state index is 0.0900. The molecule has 0 saturated heterocycles. The molecule has 0 aliphatic rings. The van der Waals surface area contributed by atoms with Crippen molar-refractivity contribution in [3.05, 3.63) is 24.3 Å². The van der Waals surface area contributed by atoms with E-state index in [2.05, 4.69) is 39.9 Å². The van der Waals surface area contributed by atoms with Crippen LogP contribution in [0.2, 0.25) is 0 Å². The van der Waals surface area contributed by atoms with E-state index in [0.717, 1.165) is 37.6 Å². The molecule has 0 bridgehead atoms. The highest BCUT2D eigenvalue weighted by Gasteiger charge is 2.19. The normalized spacial score (nSPS) is 11.7. The number of benzene rings is 1. The van der Waals surface area contributed by atoms with Crippen LogP contribution in [0.25, 0.3) is 0 Å². The van der Waals surface area contributed by atoms with Crippen molar-refractivity contribution in [2.45, 2.75) is 41.0 Å². The van der Waals surface area contributed by atoms with E-state index in [1.165, 1.54) is 0 Å². The Hall–Kier alpha value is -1.22. The summed E-state index contributed by atoms with van der Waals surface area (Å²) in [6.45, 7) is 14.4. The van der Waals surface area contributed by atoms with Gasteiger partial charge < -0.3 is 14.8 Å². The zero-order chi connectivity index (χ0) is 15.7. The van der Waals surface area contributed by atoms with Gasteiger partial charge in [-0.05, 0) is 31.0 Å². The predicted octanol–water partition coefficient (Wildman–Crippen LogP) is 4.13. The fourth-order valence-electron chi connectivity index (χ4n) is 1.92. The highest BCUT2D eigenvalue weighted by molar-refractivity contribution is 5.39. The molecule has 0 radical (unpaired) electrons. The molecule has 21 heavy (non-hydrogen) atoms. The number of hydrogen-bond acceptors (Lipinski definition) is 3. The van der Waals surface area contributed by atoms with Gasteiger partial charge in [-0.2, -0.15) is 0 Å². The van der Waals surface area contributed by atoms with Crippen LogP contribution in [-0.2, 0) is 0 Å². The maximum absolute atomic E-state index is 5.99. The molecule has 0 fully saturated rings. The molecule has 120 valence electrons. The van der Waals surface area contributed by atoms with Gasteiger partial charge in [-0.25, -0.2) is 0 Å². The highest BCUT2D eigenvalue weighted by Crippen LogP contribution is 2.28. The maximum atomic E-state index is 5.99. The van der Waals surface area contributed by atoms with E-state index in [1.54, 1.807) is 0 Å². The van der Waals surface area contributed by atoms with Gasteiger partial charge in [0, 0.05) is 12.0 Å². The van der Waals surface area contributed by atoms with Crippen LogP contribution >= 0.6 is 0 Å². The zero-order valence-corrected chi connectivity index (χ0v) is 14.2. The van der Waals surface area contributed by atoms with Gasteiger partial charge >= 0.3 is 0 Å². The van der Waals surface area contributed by atoms with Gasteiger partial charge in [0.05, 0.1) is 13.2 Å². The number of hydrogen-bond donors (Lipinski definition) is 1. The van der Waals surface area contributed by atoms with Crippen LogP contribution in [0, 0.1) is 11.3 Å². The summed E-state index contributed by atoms with van der Waals surface area (Å²) in [6.07, 6.45) is 0.999. The van der Waals surface area contributed by atoms with Crippen molar-refractivity contribution in [3.63, 3.8) is 0 Å². The summed E-state index contributed by atoms with van der Waals surface area (Å²) in [6, 6.07) is 7.91. The molecule has 0 unspecified atom stereocenters. The number of ether oxygens (including phenoxy) is 2. The first-order valence-corrected chi connectivity index (χ1v) is 8.00. The molecule has 0 aromatic heterocycles. The molecule has 1 aromatic carbocycles. The standard InChI is InChI=1S/C18H31NO2/c1-6-11-20-16-9-7-8-10-17(16)21-14-18(4,5)13-19-12-15(2)3/h7-10,15,19H,6,11-14H2,1-5H3. The topological polar surface area (TPSA) is 30.5 Å². The lowest BCUT2D eigenvalue weighted by Crippen LogP contribution is -2.35. The monoisotopic (exact) mass is 293 g/mol. The van der Waals surface area contributed by atoms with E-state index in [4.69, 9.17) is 9.47 Å². The zero-order valence-electron chi connectivity index (χ0n) is 14.2. The van der Waals surface area contributed by atoms with Gasteiger partial charge in [0.2, 0.25) is 0 Å². The van der Waals surface area contributed by atoms with E-state index in [9.17, 15) is 0 Å². The Labute approximate surface area is 130 Å². The third-order valence-corrected chi connectivity index (χ3v) is 3.09. The van der Waals surface area contributed by atoms with E-state index in [0.29, 0.717) is 12.5 Å². The van der Waals surface area contributed by atoms with Crippen molar-refractivity contribution >= 4 is 0 Å². The molecule has 0 aliphatic heterocycles. The summed E-state index contributed by atoms with van der Waals surface area (Å²) >= 11 is 0. The molecule has 0 heterocycles. The highest BCUT2D eigenvalue weighted by atomic mass is 16.5. The Balaban J connectivity index is 2.49. The molecular formula is C18H31NO2. The van der Waals surface area contributed by atoms with Crippen molar-refractivity contribution in [3.8, 4) is 11.5 Å². The second-order valence-electron chi connectivity index (χ2n) is 6.77. The van der Waals surface area contributed by atoms with Crippen molar-refractivity contribution < 1.29 is 9.47 Å². The predicted molar refractivity (Wildman–Crippen MR) is 89.2 cm³/mol. The lowest BCUT2D eigenvalue weighted by molar-refractivity contribution is 0.168. The molecular weight excluding hydrogens is 262 g/mol. The third-order valence-electron chi connectivity index (χ3n) is 3.09. The molecule has 1 N–H and O–H groups in total. The average Bonchev–Trinajstić information content (AvgIpc) is 2.43. The van der Waals surface area contributed by atoms with E-state index >= 15 is 0 Å². The molecule has 0 aliphatic carbocycles. The van der Waals surface area contributed by atoms with Gasteiger partial charge in [0.1, 0.15) is 0 Å². The number of para-hydroxylation sites is 2. The third kappa shape index (κ3) is 7.37. The fourth-order valence-corrected chi connectivity index (χ4v) is 1.92. The van der Waals surface area contributed by atoms with E-state index in [-0.39, 0.29) is 5.41 Å². The SMILES string of the molecule is CCCOc1ccccc1OCC(C)(C)CNCC(C)C. The molecule has 1 aromatic rings. The quantitative estimate of drug-likeness (QED) is 0.703. The maximum Gasteiger partial charge on any atom is 0.161 e. The van der Waals surface area contributed by atoms with Crippen molar-refractivity contribution in [2.75, 3.05) is 26.3 Å². The molecule has 0 saturated carbocycles. The Morgan fingerprint density at radius 2 is 1.71 bits per heavy atom. The van der Waals surface area contributed by atoms with Gasteiger partial charge in [-0.1, -0.05) is 46.8 Å². The van der Waals surface area contributed by atoms with E-state index < -0.39 is 0 Å². The minimum Gasteiger partial charge on any atom is -0.490 e.